The molecule has 1 N–H and O–H groups in total. The van der Waals surface area contributed by atoms with Crippen LogP contribution in [0.5, 0.6) is 0 Å². The summed E-state index contributed by atoms with van der Waals surface area (Å²) in [6, 6.07) is 2.61. The highest BCUT2D eigenvalue weighted by molar-refractivity contribution is 5.92. The van der Waals surface area contributed by atoms with E-state index in [0.717, 1.165) is 0 Å². The lowest BCUT2D eigenvalue weighted by molar-refractivity contribution is -0.145. The number of aromatic nitrogens is 2. The number of methoxy groups -OCH3 is 1. The molecular formula is C12H15N3O5. The van der Waals surface area contributed by atoms with Crippen molar-refractivity contribution in [3.63, 3.8) is 0 Å². The van der Waals surface area contributed by atoms with E-state index in [4.69, 9.17) is 4.74 Å². The lowest BCUT2D eigenvalue weighted by atomic mass is 10.2. The van der Waals surface area contributed by atoms with Crippen LogP contribution < -0.4 is 5.56 Å². The number of aromatic amines is 1. The van der Waals surface area contributed by atoms with Crippen molar-refractivity contribution in [1.82, 2.24) is 15.1 Å². The van der Waals surface area contributed by atoms with Crippen molar-refractivity contribution in [2.24, 2.45) is 0 Å². The molecule has 1 aromatic rings. The van der Waals surface area contributed by atoms with Crippen molar-refractivity contribution >= 4 is 11.9 Å². The van der Waals surface area contributed by atoms with E-state index in [1.54, 1.807) is 0 Å². The Hall–Kier alpha value is -2.22. The summed E-state index contributed by atoms with van der Waals surface area (Å²) >= 11 is 0. The Kier molecular flexibility index (Phi) is 4.46. The summed E-state index contributed by atoms with van der Waals surface area (Å²) < 4.78 is 9.98. The molecule has 0 spiro atoms. The fourth-order valence-corrected chi connectivity index (χ4v) is 1.92. The molecular weight excluding hydrogens is 266 g/mol. The maximum atomic E-state index is 12.2. The zero-order valence-electron chi connectivity index (χ0n) is 11.0. The fraction of sp³-hybridized carbons (Fsp3) is 0.500. The average molecular weight is 281 g/mol. The van der Waals surface area contributed by atoms with Crippen LogP contribution in [-0.2, 0) is 14.3 Å². The molecule has 20 heavy (non-hydrogen) atoms. The van der Waals surface area contributed by atoms with Crippen LogP contribution in [0.25, 0.3) is 0 Å². The van der Waals surface area contributed by atoms with Crippen LogP contribution in [0.3, 0.4) is 0 Å². The molecule has 2 rings (SSSR count). The summed E-state index contributed by atoms with van der Waals surface area (Å²) in [6.45, 7) is 1.04. The molecule has 1 amide bonds. The molecule has 0 bridgehead atoms. The predicted molar refractivity (Wildman–Crippen MR) is 67.1 cm³/mol. The first-order chi connectivity index (χ1) is 9.60. The van der Waals surface area contributed by atoms with E-state index < -0.39 is 0 Å². The average Bonchev–Trinajstić information content (AvgIpc) is 2.47. The second-order valence-corrected chi connectivity index (χ2v) is 4.33. The SMILES string of the molecule is COC(=O)CC1CN(C(=O)c2ccc(=O)[nH]n2)CCO1. The molecule has 8 heteroatoms. The number of ether oxygens (including phenoxy) is 2. The van der Waals surface area contributed by atoms with Crippen LogP contribution in [0.4, 0.5) is 0 Å². The Morgan fingerprint density at radius 3 is 3.00 bits per heavy atom. The molecule has 1 saturated heterocycles. The number of nitrogens with one attached hydrogen (secondary N) is 1. The number of H-pyrrole nitrogens is 1. The van der Waals surface area contributed by atoms with E-state index in [2.05, 4.69) is 14.9 Å². The minimum atomic E-state index is -0.386. The number of esters is 1. The van der Waals surface area contributed by atoms with Gasteiger partial charge in [0, 0.05) is 19.2 Å². The quantitative estimate of drug-likeness (QED) is 0.726. The topological polar surface area (TPSA) is 102 Å². The van der Waals surface area contributed by atoms with Gasteiger partial charge in [-0.3, -0.25) is 14.4 Å². The number of hydrogen-bond donors (Lipinski definition) is 1. The van der Waals surface area contributed by atoms with E-state index in [9.17, 15) is 14.4 Å². The van der Waals surface area contributed by atoms with Crippen molar-refractivity contribution in [2.75, 3.05) is 26.8 Å². The number of carbonyl (C=O) groups is 2. The first-order valence-electron chi connectivity index (χ1n) is 6.13. The molecule has 1 atom stereocenters. The van der Waals surface area contributed by atoms with Gasteiger partial charge in [0.2, 0.25) is 0 Å². The number of morpholine rings is 1. The van der Waals surface area contributed by atoms with E-state index >= 15 is 0 Å². The number of hydrogen-bond acceptors (Lipinski definition) is 6. The third-order valence-electron chi connectivity index (χ3n) is 2.95. The first-order valence-corrected chi connectivity index (χ1v) is 6.13. The molecule has 108 valence electrons. The standard InChI is InChI=1S/C12H15N3O5/c1-19-11(17)6-8-7-15(4-5-20-8)12(18)9-2-3-10(16)14-13-9/h2-3,8H,4-7H2,1H3,(H,14,16). The van der Waals surface area contributed by atoms with Gasteiger partial charge in [0.05, 0.1) is 26.2 Å². The van der Waals surface area contributed by atoms with Crippen LogP contribution in [0.2, 0.25) is 0 Å². The smallest absolute Gasteiger partial charge is 0.308 e. The second-order valence-electron chi connectivity index (χ2n) is 4.33. The van der Waals surface area contributed by atoms with E-state index in [-0.39, 0.29) is 42.2 Å². The van der Waals surface area contributed by atoms with Crippen LogP contribution in [0.1, 0.15) is 16.9 Å². The van der Waals surface area contributed by atoms with Crippen LogP contribution >= 0.6 is 0 Å². The molecule has 1 aliphatic rings. The zero-order chi connectivity index (χ0) is 14.5. The molecule has 8 nitrogen and oxygen atoms in total. The minimum Gasteiger partial charge on any atom is -0.469 e. The fourth-order valence-electron chi connectivity index (χ4n) is 1.92. The zero-order valence-corrected chi connectivity index (χ0v) is 11.0. The van der Waals surface area contributed by atoms with Crippen LogP contribution in [0, 0.1) is 0 Å². The maximum Gasteiger partial charge on any atom is 0.308 e. The highest BCUT2D eigenvalue weighted by atomic mass is 16.5. The van der Waals surface area contributed by atoms with Gasteiger partial charge in [-0.05, 0) is 6.07 Å². The third kappa shape index (κ3) is 3.41. The first kappa shape index (κ1) is 14.2. The number of nitrogens with zero attached hydrogens (tertiary/aromatic N) is 2. The van der Waals surface area contributed by atoms with Crippen molar-refractivity contribution in [3.8, 4) is 0 Å². The van der Waals surface area contributed by atoms with E-state index in [0.29, 0.717) is 13.2 Å². The van der Waals surface area contributed by atoms with Gasteiger partial charge in [0.1, 0.15) is 5.69 Å². The van der Waals surface area contributed by atoms with Gasteiger partial charge in [-0.15, -0.1) is 0 Å². The van der Waals surface area contributed by atoms with Crippen LogP contribution in [-0.4, -0.2) is 59.9 Å². The molecule has 1 aromatic heterocycles. The van der Waals surface area contributed by atoms with Crippen molar-refractivity contribution in [3.05, 3.63) is 28.2 Å². The van der Waals surface area contributed by atoms with Gasteiger partial charge in [0.15, 0.2) is 0 Å². The molecule has 0 aromatic carbocycles. The summed E-state index contributed by atoms with van der Waals surface area (Å²) in [5, 5.41) is 5.91. The van der Waals surface area contributed by atoms with Gasteiger partial charge in [-0.25, -0.2) is 5.10 Å². The summed E-state index contributed by atoms with van der Waals surface area (Å²) in [6.07, 6.45) is -0.290. The Balaban J connectivity index is 2.01. The van der Waals surface area contributed by atoms with Crippen LogP contribution in [0.15, 0.2) is 16.9 Å². The van der Waals surface area contributed by atoms with Crippen molar-refractivity contribution in [2.45, 2.75) is 12.5 Å². The highest BCUT2D eigenvalue weighted by Gasteiger charge is 2.27. The number of carbonyl (C=O) groups excluding carboxylic acids is 2. The molecule has 0 radical (unpaired) electrons. The second kappa shape index (κ2) is 6.29. The van der Waals surface area contributed by atoms with Gasteiger partial charge in [0.25, 0.3) is 11.5 Å². The number of rotatable bonds is 3. The molecule has 2 heterocycles. The summed E-state index contributed by atoms with van der Waals surface area (Å²) in [5.41, 5.74) is -0.213. The van der Waals surface area contributed by atoms with Gasteiger partial charge >= 0.3 is 5.97 Å². The summed E-state index contributed by atoms with van der Waals surface area (Å²) in [4.78, 5) is 35.8. The minimum absolute atomic E-state index is 0.0966. The summed E-state index contributed by atoms with van der Waals surface area (Å²) in [5.74, 6) is -0.689. The Bertz CT molecular complexity index is 536. The Morgan fingerprint density at radius 2 is 2.35 bits per heavy atom. The Morgan fingerprint density at radius 1 is 1.55 bits per heavy atom. The maximum absolute atomic E-state index is 12.2. The van der Waals surface area contributed by atoms with E-state index in [1.807, 2.05) is 0 Å². The monoisotopic (exact) mass is 281 g/mol. The largest absolute Gasteiger partial charge is 0.469 e. The Labute approximate surface area is 114 Å². The lowest BCUT2D eigenvalue weighted by Crippen LogP contribution is -2.46. The highest BCUT2D eigenvalue weighted by Crippen LogP contribution is 2.11. The molecule has 1 aliphatic heterocycles. The van der Waals surface area contributed by atoms with Crippen molar-refractivity contribution < 1.29 is 19.1 Å². The normalized spacial score (nSPS) is 18.6. The van der Waals surface area contributed by atoms with E-state index in [1.165, 1.54) is 24.1 Å². The molecule has 0 saturated carbocycles. The van der Waals surface area contributed by atoms with Gasteiger partial charge < -0.3 is 14.4 Å². The molecule has 1 fully saturated rings. The molecule has 1 unspecified atom stereocenters. The predicted octanol–water partition coefficient (Wildman–Crippen LogP) is -0.826. The summed E-state index contributed by atoms with van der Waals surface area (Å²) in [7, 11) is 1.30. The molecule has 0 aliphatic carbocycles. The van der Waals surface area contributed by atoms with Gasteiger partial charge in [-0.2, -0.15) is 5.10 Å². The van der Waals surface area contributed by atoms with Crippen molar-refractivity contribution in [1.29, 1.82) is 0 Å². The lowest BCUT2D eigenvalue weighted by Gasteiger charge is -2.32. The van der Waals surface area contributed by atoms with Gasteiger partial charge in [-0.1, -0.05) is 0 Å². The number of amides is 1. The third-order valence-corrected chi connectivity index (χ3v) is 2.95.